The van der Waals surface area contributed by atoms with Gasteiger partial charge in [0.2, 0.25) is 11.8 Å². The molecule has 0 saturated carbocycles. The Bertz CT molecular complexity index is 1080. The Kier molecular flexibility index (Phi) is 9.38. The van der Waals surface area contributed by atoms with E-state index in [9.17, 15) is 9.59 Å². The summed E-state index contributed by atoms with van der Waals surface area (Å²) in [5.74, 6) is 1.84. The number of piperidine rings is 1. The molecule has 1 saturated heterocycles. The molecular weight excluding hydrogens is 474 g/mol. The first kappa shape index (κ1) is 26.9. The van der Waals surface area contributed by atoms with Crippen LogP contribution in [0.4, 0.5) is 0 Å². The number of methoxy groups -OCH3 is 2. The topological polar surface area (TPSA) is 89.6 Å². The van der Waals surface area contributed by atoms with Crippen LogP contribution in [0.25, 0.3) is 0 Å². The molecule has 37 heavy (non-hydrogen) atoms. The number of carbonyl (C=O) groups excluding carboxylic acids is 2. The maximum Gasteiger partial charge on any atom is 0.234 e. The molecule has 4 bridgehead atoms. The maximum atomic E-state index is 13.2. The Hall–Kier alpha value is -3.14. The van der Waals surface area contributed by atoms with Crippen molar-refractivity contribution in [3.05, 3.63) is 53.6 Å². The molecule has 0 spiro atoms. The number of likely N-dealkylation sites (tertiary alicyclic amines) is 1. The highest BCUT2D eigenvalue weighted by atomic mass is 16.5. The van der Waals surface area contributed by atoms with Gasteiger partial charge in [-0.3, -0.25) is 14.5 Å². The molecule has 2 aromatic rings. The molecule has 1 fully saturated rings. The lowest BCUT2D eigenvalue weighted by Gasteiger charge is -2.38. The van der Waals surface area contributed by atoms with E-state index >= 15 is 0 Å². The maximum absolute atomic E-state index is 13.2. The molecule has 0 unspecified atom stereocenters. The summed E-state index contributed by atoms with van der Waals surface area (Å²) in [4.78, 5) is 29.2. The number of amides is 2. The minimum atomic E-state index is -0.286. The SMILES string of the molecule is COCCCN1CC(=O)N[C@H]2CN(C(C)=O)CC[C@H]2OCc2cccc(c2)Oc2cc(ccc2OC)C1. The van der Waals surface area contributed by atoms with Crippen molar-refractivity contribution in [2.45, 2.75) is 45.1 Å². The van der Waals surface area contributed by atoms with Crippen molar-refractivity contribution in [2.24, 2.45) is 0 Å². The van der Waals surface area contributed by atoms with Gasteiger partial charge in [0.15, 0.2) is 11.5 Å². The molecule has 1 N–H and O–H groups in total. The fourth-order valence-electron chi connectivity index (χ4n) is 4.84. The van der Waals surface area contributed by atoms with Gasteiger partial charge in [-0.1, -0.05) is 18.2 Å². The molecule has 2 heterocycles. The highest BCUT2D eigenvalue weighted by Crippen LogP contribution is 2.33. The smallest absolute Gasteiger partial charge is 0.234 e. The Morgan fingerprint density at radius 3 is 2.78 bits per heavy atom. The van der Waals surface area contributed by atoms with Gasteiger partial charge in [-0.05, 0) is 48.2 Å². The Morgan fingerprint density at radius 2 is 2.00 bits per heavy atom. The molecular formula is C28H37N3O6. The first-order valence-electron chi connectivity index (χ1n) is 12.8. The zero-order valence-corrected chi connectivity index (χ0v) is 21.9. The van der Waals surface area contributed by atoms with Crippen molar-refractivity contribution in [1.82, 2.24) is 15.1 Å². The Morgan fingerprint density at radius 1 is 1.14 bits per heavy atom. The van der Waals surface area contributed by atoms with Gasteiger partial charge in [-0.25, -0.2) is 0 Å². The minimum Gasteiger partial charge on any atom is -0.493 e. The summed E-state index contributed by atoms with van der Waals surface area (Å²) in [6, 6.07) is 13.3. The first-order chi connectivity index (χ1) is 17.9. The van der Waals surface area contributed by atoms with E-state index in [1.165, 1.54) is 0 Å². The number of rotatable bonds is 5. The molecule has 2 aromatic carbocycles. The number of hydrogen-bond acceptors (Lipinski definition) is 7. The lowest BCUT2D eigenvalue weighted by Crippen LogP contribution is -2.58. The van der Waals surface area contributed by atoms with E-state index in [0.29, 0.717) is 63.1 Å². The third kappa shape index (κ3) is 7.44. The molecule has 200 valence electrons. The van der Waals surface area contributed by atoms with Crippen molar-refractivity contribution in [2.75, 3.05) is 47.0 Å². The largest absolute Gasteiger partial charge is 0.493 e. The van der Waals surface area contributed by atoms with Gasteiger partial charge < -0.3 is 29.2 Å². The summed E-state index contributed by atoms with van der Waals surface area (Å²) in [7, 11) is 3.29. The van der Waals surface area contributed by atoms with E-state index in [0.717, 1.165) is 17.5 Å². The van der Waals surface area contributed by atoms with Gasteiger partial charge in [0.1, 0.15) is 5.75 Å². The summed E-state index contributed by atoms with van der Waals surface area (Å²) in [5, 5.41) is 3.16. The zero-order valence-electron chi connectivity index (χ0n) is 21.9. The third-order valence-corrected chi connectivity index (χ3v) is 6.76. The van der Waals surface area contributed by atoms with Crippen LogP contribution in [-0.4, -0.2) is 80.8 Å². The van der Waals surface area contributed by atoms with Crippen LogP contribution in [0.1, 0.15) is 30.9 Å². The number of fused-ring (bicyclic) bond motifs is 5. The van der Waals surface area contributed by atoms with Crippen molar-refractivity contribution in [3.8, 4) is 17.2 Å². The lowest BCUT2D eigenvalue weighted by molar-refractivity contribution is -0.135. The monoisotopic (exact) mass is 511 g/mol. The van der Waals surface area contributed by atoms with Crippen LogP contribution in [0.15, 0.2) is 42.5 Å². The zero-order chi connectivity index (χ0) is 26.2. The predicted octanol–water partition coefficient (Wildman–Crippen LogP) is 2.96. The molecule has 2 amide bonds. The van der Waals surface area contributed by atoms with Crippen molar-refractivity contribution < 1.29 is 28.5 Å². The summed E-state index contributed by atoms with van der Waals surface area (Å²) in [5.41, 5.74) is 1.97. The van der Waals surface area contributed by atoms with Crippen LogP contribution < -0.4 is 14.8 Å². The molecule has 4 rings (SSSR count). The molecule has 2 aliphatic heterocycles. The van der Waals surface area contributed by atoms with Gasteiger partial charge in [-0.15, -0.1) is 0 Å². The van der Waals surface area contributed by atoms with Gasteiger partial charge in [0, 0.05) is 46.8 Å². The van der Waals surface area contributed by atoms with Gasteiger partial charge in [0.05, 0.1) is 32.4 Å². The molecule has 9 nitrogen and oxygen atoms in total. The number of benzene rings is 2. The highest BCUT2D eigenvalue weighted by Gasteiger charge is 2.32. The predicted molar refractivity (Wildman–Crippen MR) is 139 cm³/mol. The lowest BCUT2D eigenvalue weighted by atomic mass is 10.0. The summed E-state index contributed by atoms with van der Waals surface area (Å²) >= 11 is 0. The van der Waals surface area contributed by atoms with E-state index in [1.807, 2.05) is 42.5 Å². The van der Waals surface area contributed by atoms with Gasteiger partial charge in [-0.2, -0.15) is 0 Å². The van der Waals surface area contributed by atoms with E-state index in [4.69, 9.17) is 18.9 Å². The number of nitrogens with one attached hydrogen (secondary N) is 1. The fourth-order valence-corrected chi connectivity index (χ4v) is 4.84. The van der Waals surface area contributed by atoms with Crippen molar-refractivity contribution in [1.29, 1.82) is 0 Å². The quantitative estimate of drug-likeness (QED) is 0.618. The second-order valence-electron chi connectivity index (χ2n) is 9.57. The van der Waals surface area contributed by atoms with Crippen LogP contribution in [0.5, 0.6) is 17.2 Å². The van der Waals surface area contributed by atoms with E-state index in [2.05, 4.69) is 10.2 Å². The molecule has 0 aromatic heterocycles. The minimum absolute atomic E-state index is 0.00110. The van der Waals surface area contributed by atoms with Crippen LogP contribution in [-0.2, 0) is 32.2 Å². The average Bonchev–Trinajstić information content (AvgIpc) is 2.88. The molecule has 0 aliphatic carbocycles. The number of carbonyl (C=O) groups is 2. The molecule has 0 radical (unpaired) electrons. The third-order valence-electron chi connectivity index (χ3n) is 6.76. The van der Waals surface area contributed by atoms with Crippen molar-refractivity contribution in [3.63, 3.8) is 0 Å². The van der Waals surface area contributed by atoms with Gasteiger partial charge in [0.25, 0.3) is 0 Å². The molecule has 2 aliphatic rings. The first-order valence-corrected chi connectivity index (χ1v) is 12.8. The van der Waals surface area contributed by atoms with Crippen LogP contribution in [0, 0.1) is 0 Å². The normalized spacial score (nSPS) is 20.9. The van der Waals surface area contributed by atoms with Crippen molar-refractivity contribution >= 4 is 11.8 Å². The molecule has 2 atom stereocenters. The summed E-state index contributed by atoms with van der Waals surface area (Å²) < 4.78 is 23.3. The summed E-state index contributed by atoms with van der Waals surface area (Å²) in [6.07, 6.45) is 1.25. The Balaban J connectivity index is 1.64. The second-order valence-corrected chi connectivity index (χ2v) is 9.57. The van der Waals surface area contributed by atoms with Gasteiger partial charge >= 0.3 is 0 Å². The summed E-state index contributed by atoms with van der Waals surface area (Å²) in [6.45, 7) is 5.04. The number of hydrogen-bond donors (Lipinski definition) is 1. The van der Waals surface area contributed by atoms with Crippen LogP contribution in [0.2, 0.25) is 0 Å². The number of ether oxygens (including phenoxy) is 4. The van der Waals surface area contributed by atoms with Crippen LogP contribution in [0.3, 0.4) is 0 Å². The van der Waals surface area contributed by atoms with Crippen LogP contribution >= 0.6 is 0 Å². The van der Waals surface area contributed by atoms with E-state index in [1.54, 1.807) is 26.0 Å². The second kappa shape index (κ2) is 12.9. The number of nitrogens with zero attached hydrogens (tertiary/aromatic N) is 2. The highest BCUT2D eigenvalue weighted by molar-refractivity contribution is 5.79. The average molecular weight is 512 g/mol. The fraction of sp³-hybridized carbons (Fsp3) is 0.500. The molecule has 9 heteroatoms. The Labute approximate surface area is 218 Å². The van der Waals surface area contributed by atoms with E-state index in [-0.39, 0.29) is 30.5 Å². The standard InChI is InChI=1S/C28H37N3O6/c1-20(32)31-12-10-25-24(17-31)29-28(33)18-30(11-5-13-34-2)16-21-8-9-26(35-3)27(15-21)37-23-7-4-6-22(14-23)19-36-25/h4,6-9,14-15,24-25H,5,10-13,16-19H2,1-3H3,(H,29,33)/t24-,25+/m0/s1. The van der Waals surface area contributed by atoms with E-state index < -0.39 is 0 Å².